The first-order chi connectivity index (χ1) is 9.82. The Morgan fingerprint density at radius 3 is 2.24 bits per heavy atom. The maximum absolute atomic E-state index is 12.6. The molecule has 0 aliphatic heterocycles. The highest BCUT2D eigenvalue weighted by Gasteiger charge is 2.30. The number of nitrogens with one attached hydrogen (secondary N) is 1. The molecule has 0 spiro atoms. The van der Waals surface area contributed by atoms with Gasteiger partial charge in [0.1, 0.15) is 0 Å². The van der Waals surface area contributed by atoms with Crippen LogP contribution in [0.25, 0.3) is 0 Å². The third-order valence-corrected chi connectivity index (χ3v) is 4.32. The molecule has 0 fully saturated rings. The molecule has 2 nitrogen and oxygen atoms in total. The van der Waals surface area contributed by atoms with E-state index < -0.39 is 11.7 Å². The minimum atomic E-state index is -4.30. The van der Waals surface area contributed by atoms with Crippen molar-refractivity contribution in [3.8, 4) is 0 Å². The van der Waals surface area contributed by atoms with Gasteiger partial charge in [0.15, 0.2) is 0 Å². The highest BCUT2D eigenvalue weighted by Crippen LogP contribution is 2.33. The minimum Gasteiger partial charge on any atom is -0.306 e. The van der Waals surface area contributed by atoms with Crippen LogP contribution in [0, 0.1) is 13.8 Å². The van der Waals surface area contributed by atoms with Gasteiger partial charge in [-0.1, -0.05) is 19.1 Å². The molecular formula is C15H17F3N2S. The van der Waals surface area contributed by atoms with Crippen LogP contribution in [0.5, 0.6) is 0 Å². The summed E-state index contributed by atoms with van der Waals surface area (Å²) in [7, 11) is 0. The zero-order valence-corrected chi connectivity index (χ0v) is 12.9. The maximum Gasteiger partial charge on any atom is 0.416 e. The van der Waals surface area contributed by atoms with E-state index in [0.29, 0.717) is 0 Å². The number of thiazole rings is 1. The molecule has 0 aliphatic carbocycles. The van der Waals surface area contributed by atoms with E-state index in [0.717, 1.165) is 39.8 Å². The van der Waals surface area contributed by atoms with Crippen LogP contribution in [0.2, 0.25) is 0 Å². The van der Waals surface area contributed by atoms with E-state index in [2.05, 4.69) is 10.3 Å². The lowest BCUT2D eigenvalue weighted by molar-refractivity contribution is -0.137. The number of benzene rings is 1. The second kappa shape index (κ2) is 6.15. The Labute approximate surface area is 126 Å². The SMILES string of the molecule is CCNC(c1ccc(C(F)(F)F)cc1)c1sc(C)nc1C. The summed E-state index contributed by atoms with van der Waals surface area (Å²) < 4.78 is 37.9. The van der Waals surface area contributed by atoms with Crippen molar-refractivity contribution in [1.82, 2.24) is 10.3 Å². The largest absolute Gasteiger partial charge is 0.416 e. The Bertz CT molecular complexity index is 602. The number of hydrogen-bond donors (Lipinski definition) is 1. The molecule has 1 unspecified atom stereocenters. The average molecular weight is 314 g/mol. The summed E-state index contributed by atoms with van der Waals surface area (Å²) in [5, 5.41) is 4.27. The molecule has 2 rings (SSSR count). The summed E-state index contributed by atoms with van der Waals surface area (Å²) in [4.78, 5) is 5.45. The molecule has 1 N–H and O–H groups in total. The van der Waals surface area contributed by atoms with Crippen LogP contribution < -0.4 is 5.32 Å². The van der Waals surface area contributed by atoms with E-state index >= 15 is 0 Å². The quantitative estimate of drug-likeness (QED) is 0.900. The molecule has 0 saturated heterocycles. The van der Waals surface area contributed by atoms with Gasteiger partial charge in [0, 0.05) is 4.88 Å². The highest BCUT2D eigenvalue weighted by molar-refractivity contribution is 7.11. The summed E-state index contributed by atoms with van der Waals surface area (Å²) in [6.07, 6.45) is -4.30. The van der Waals surface area contributed by atoms with Crippen molar-refractivity contribution in [2.24, 2.45) is 0 Å². The van der Waals surface area contributed by atoms with E-state index in [1.807, 2.05) is 20.8 Å². The molecular weight excluding hydrogens is 297 g/mol. The number of nitrogens with zero attached hydrogens (tertiary/aromatic N) is 1. The molecule has 114 valence electrons. The van der Waals surface area contributed by atoms with Gasteiger partial charge < -0.3 is 5.32 Å². The van der Waals surface area contributed by atoms with Gasteiger partial charge in [0.2, 0.25) is 0 Å². The van der Waals surface area contributed by atoms with Crippen molar-refractivity contribution < 1.29 is 13.2 Å². The Balaban J connectivity index is 2.37. The Morgan fingerprint density at radius 1 is 1.19 bits per heavy atom. The van der Waals surface area contributed by atoms with Crippen molar-refractivity contribution in [1.29, 1.82) is 0 Å². The first-order valence-electron chi connectivity index (χ1n) is 6.67. The van der Waals surface area contributed by atoms with E-state index in [1.54, 1.807) is 11.3 Å². The molecule has 0 aliphatic rings. The van der Waals surface area contributed by atoms with Crippen LogP contribution in [0.15, 0.2) is 24.3 Å². The number of aryl methyl sites for hydroxylation is 2. The molecule has 1 atom stereocenters. The van der Waals surface area contributed by atoms with Gasteiger partial charge in [-0.2, -0.15) is 13.2 Å². The number of rotatable bonds is 4. The third-order valence-electron chi connectivity index (χ3n) is 3.18. The first kappa shape index (κ1) is 16.0. The van der Waals surface area contributed by atoms with E-state index in [4.69, 9.17) is 0 Å². The van der Waals surface area contributed by atoms with E-state index in [1.165, 1.54) is 12.1 Å². The van der Waals surface area contributed by atoms with E-state index in [-0.39, 0.29) is 6.04 Å². The first-order valence-corrected chi connectivity index (χ1v) is 7.49. The Hall–Kier alpha value is -1.40. The molecule has 6 heteroatoms. The van der Waals surface area contributed by atoms with Crippen LogP contribution in [0.4, 0.5) is 13.2 Å². The Kier molecular flexibility index (Phi) is 4.68. The molecule has 21 heavy (non-hydrogen) atoms. The van der Waals surface area contributed by atoms with Gasteiger partial charge in [-0.25, -0.2) is 4.98 Å². The van der Waals surface area contributed by atoms with Crippen molar-refractivity contribution in [2.75, 3.05) is 6.54 Å². The van der Waals surface area contributed by atoms with Crippen LogP contribution in [0.3, 0.4) is 0 Å². The van der Waals surface area contributed by atoms with Crippen LogP contribution >= 0.6 is 11.3 Å². The molecule has 0 bridgehead atoms. The van der Waals surface area contributed by atoms with Gasteiger partial charge in [-0.05, 0) is 38.1 Å². The summed E-state index contributed by atoms with van der Waals surface area (Å²) >= 11 is 1.57. The van der Waals surface area contributed by atoms with Crippen molar-refractivity contribution in [3.05, 3.63) is 51.0 Å². The summed E-state index contributed by atoms with van der Waals surface area (Å²) in [5.74, 6) is 0. The number of alkyl halides is 3. The Morgan fingerprint density at radius 2 is 1.81 bits per heavy atom. The summed E-state index contributed by atoms with van der Waals surface area (Å²) in [5.41, 5.74) is 1.11. The molecule has 0 amide bonds. The van der Waals surface area contributed by atoms with Gasteiger partial charge >= 0.3 is 6.18 Å². The lowest BCUT2D eigenvalue weighted by Crippen LogP contribution is -2.22. The summed E-state index contributed by atoms with van der Waals surface area (Å²) in [6.45, 7) is 6.55. The number of hydrogen-bond acceptors (Lipinski definition) is 3. The fourth-order valence-corrected chi connectivity index (χ4v) is 3.28. The lowest BCUT2D eigenvalue weighted by atomic mass is 10.0. The topological polar surface area (TPSA) is 24.9 Å². The number of halogens is 3. The lowest BCUT2D eigenvalue weighted by Gasteiger charge is -2.18. The second-order valence-corrected chi connectivity index (χ2v) is 6.03. The van der Waals surface area contributed by atoms with Crippen LogP contribution in [0.1, 0.15) is 39.7 Å². The second-order valence-electron chi connectivity index (χ2n) is 4.79. The van der Waals surface area contributed by atoms with Crippen molar-refractivity contribution in [3.63, 3.8) is 0 Å². The third kappa shape index (κ3) is 3.63. The monoisotopic (exact) mass is 314 g/mol. The molecule has 1 aromatic carbocycles. The van der Waals surface area contributed by atoms with Gasteiger partial charge in [0.25, 0.3) is 0 Å². The zero-order chi connectivity index (χ0) is 15.6. The predicted octanol–water partition coefficient (Wildman–Crippen LogP) is 4.48. The predicted molar refractivity (Wildman–Crippen MR) is 78.6 cm³/mol. The van der Waals surface area contributed by atoms with Crippen molar-refractivity contribution in [2.45, 2.75) is 33.0 Å². The van der Waals surface area contributed by atoms with Crippen LogP contribution in [-0.2, 0) is 6.18 Å². The molecule has 0 saturated carbocycles. The fourth-order valence-electron chi connectivity index (χ4n) is 2.25. The molecule has 1 heterocycles. The minimum absolute atomic E-state index is 0.122. The molecule has 1 aromatic heterocycles. The smallest absolute Gasteiger partial charge is 0.306 e. The van der Waals surface area contributed by atoms with Crippen molar-refractivity contribution >= 4 is 11.3 Å². The van der Waals surface area contributed by atoms with E-state index in [9.17, 15) is 13.2 Å². The maximum atomic E-state index is 12.6. The molecule has 0 radical (unpaired) electrons. The summed E-state index contributed by atoms with van der Waals surface area (Å²) in [6, 6.07) is 5.20. The van der Waals surface area contributed by atoms with Gasteiger partial charge in [0.05, 0.1) is 22.3 Å². The van der Waals surface area contributed by atoms with Crippen LogP contribution in [-0.4, -0.2) is 11.5 Å². The highest BCUT2D eigenvalue weighted by atomic mass is 32.1. The average Bonchev–Trinajstić information content (AvgIpc) is 2.74. The zero-order valence-electron chi connectivity index (χ0n) is 12.1. The van der Waals surface area contributed by atoms with Gasteiger partial charge in [-0.15, -0.1) is 11.3 Å². The fraction of sp³-hybridized carbons (Fsp3) is 0.400. The molecule has 2 aromatic rings. The standard InChI is InChI=1S/C15H17F3N2S/c1-4-19-13(14-9(2)20-10(3)21-14)11-5-7-12(8-6-11)15(16,17)18/h5-8,13,19H,4H2,1-3H3. The normalized spacial score (nSPS) is 13.4. The van der Waals surface area contributed by atoms with Gasteiger partial charge in [-0.3, -0.25) is 0 Å². The number of aromatic nitrogens is 1.